The second-order valence-electron chi connectivity index (χ2n) is 5.05. The summed E-state index contributed by atoms with van der Waals surface area (Å²) >= 11 is 0. The molecule has 1 aromatic rings. The molecule has 104 valence electrons. The number of nitrogens with two attached hydrogens (primary N) is 1. The number of likely N-dealkylation sites (N-methyl/N-ethyl adjacent to an activating group) is 1. The Bertz CT molecular complexity index is 456. The van der Waals surface area contributed by atoms with E-state index >= 15 is 0 Å². The number of carboxylic acid groups (broad SMARTS) is 1. The van der Waals surface area contributed by atoms with Gasteiger partial charge in [-0.1, -0.05) is 0 Å². The summed E-state index contributed by atoms with van der Waals surface area (Å²) in [5.74, 6) is -0.935. The summed E-state index contributed by atoms with van der Waals surface area (Å²) in [4.78, 5) is 15.6. The molecule has 3 N–H and O–H groups in total. The Hall–Kier alpha value is -1.75. The first-order valence-corrected chi connectivity index (χ1v) is 6.64. The number of rotatable bonds is 5. The van der Waals surface area contributed by atoms with Gasteiger partial charge in [-0.15, -0.1) is 0 Å². The monoisotopic (exact) mass is 263 g/mol. The molecular weight excluding hydrogens is 242 g/mol. The number of hydrogen-bond donors (Lipinski definition) is 2. The van der Waals surface area contributed by atoms with Gasteiger partial charge in [0.25, 0.3) is 0 Å². The second kappa shape index (κ2) is 5.93. The fraction of sp³-hybridized carbons (Fsp3) is 0.500. The molecule has 0 atom stereocenters. The van der Waals surface area contributed by atoms with Crippen molar-refractivity contribution in [2.24, 2.45) is 0 Å². The van der Waals surface area contributed by atoms with E-state index in [4.69, 9.17) is 5.73 Å². The minimum Gasteiger partial charge on any atom is -0.478 e. The number of aromatic carboxylic acids is 1. The van der Waals surface area contributed by atoms with Gasteiger partial charge in [-0.25, -0.2) is 4.79 Å². The van der Waals surface area contributed by atoms with E-state index in [1.54, 1.807) is 12.1 Å². The Labute approximate surface area is 113 Å². The number of hydrogen-bond acceptors (Lipinski definition) is 4. The fourth-order valence-electron chi connectivity index (χ4n) is 2.48. The Morgan fingerprint density at radius 2 is 2.11 bits per heavy atom. The number of anilines is 2. The van der Waals surface area contributed by atoms with E-state index in [2.05, 4.69) is 4.90 Å². The van der Waals surface area contributed by atoms with Gasteiger partial charge in [0.15, 0.2) is 0 Å². The molecule has 1 fully saturated rings. The number of likely N-dealkylation sites (tertiary alicyclic amines) is 1. The van der Waals surface area contributed by atoms with Crippen molar-refractivity contribution in [1.82, 2.24) is 4.90 Å². The predicted molar refractivity (Wildman–Crippen MR) is 76.8 cm³/mol. The van der Waals surface area contributed by atoms with E-state index < -0.39 is 5.97 Å². The van der Waals surface area contributed by atoms with E-state index in [-0.39, 0.29) is 5.56 Å². The normalized spacial score (nSPS) is 15.6. The molecular formula is C14H21N3O2. The molecule has 5 nitrogen and oxygen atoms in total. The maximum atomic E-state index is 11.2. The van der Waals surface area contributed by atoms with Crippen LogP contribution in [0.3, 0.4) is 0 Å². The lowest BCUT2D eigenvalue weighted by Crippen LogP contribution is -2.32. The summed E-state index contributed by atoms with van der Waals surface area (Å²) in [5, 5.41) is 9.23. The van der Waals surface area contributed by atoms with Gasteiger partial charge < -0.3 is 20.6 Å². The minimum absolute atomic E-state index is 0.268. The highest BCUT2D eigenvalue weighted by atomic mass is 16.4. The van der Waals surface area contributed by atoms with Gasteiger partial charge in [-0.3, -0.25) is 0 Å². The van der Waals surface area contributed by atoms with E-state index in [0.29, 0.717) is 5.69 Å². The number of benzene rings is 1. The van der Waals surface area contributed by atoms with Crippen LogP contribution in [0.4, 0.5) is 11.4 Å². The largest absolute Gasteiger partial charge is 0.478 e. The Balaban J connectivity index is 2.05. The van der Waals surface area contributed by atoms with Crippen molar-refractivity contribution in [1.29, 1.82) is 0 Å². The van der Waals surface area contributed by atoms with Crippen LogP contribution in [0.25, 0.3) is 0 Å². The van der Waals surface area contributed by atoms with Crippen LogP contribution in [0.1, 0.15) is 23.2 Å². The second-order valence-corrected chi connectivity index (χ2v) is 5.05. The fourth-order valence-corrected chi connectivity index (χ4v) is 2.48. The lowest BCUT2D eigenvalue weighted by Gasteiger charge is -2.24. The summed E-state index contributed by atoms with van der Waals surface area (Å²) in [6.07, 6.45) is 2.54. The van der Waals surface area contributed by atoms with Gasteiger partial charge in [0.05, 0.1) is 11.3 Å². The highest BCUT2D eigenvalue weighted by Crippen LogP contribution is 2.22. The molecule has 0 amide bonds. The maximum absolute atomic E-state index is 11.2. The summed E-state index contributed by atoms with van der Waals surface area (Å²) in [5.41, 5.74) is 7.12. The van der Waals surface area contributed by atoms with Gasteiger partial charge in [0.1, 0.15) is 0 Å². The minimum atomic E-state index is -0.935. The Kier molecular flexibility index (Phi) is 4.27. The van der Waals surface area contributed by atoms with Gasteiger partial charge in [0.2, 0.25) is 0 Å². The van der Waals surface area contributed by atoms with Crippen molar-refractivity contribution < 1.29 is 9.90 Å². The summed E-state index contributed by atoms with van der Waals surface area (Å²) < 4.78 is 0. The quantitative estimate of drug-likeness (QED) is 0.788. The number of nitrogen functional groups attached to an aromatic ring is 1. The third kappa shape index (κ3) is 3.38. The molecule has 5 heteroatoms. The molecule has 0 spiro atoms. The molecule has 1 aliphatic heterocycles. The van der Waals surface area contributed by atoms with Crippen LogP contribution < -0.4 is 10.6 Å². The van der Waals surface area contributed by atoms with Crippen LogP contribution in [0.15, 0.2) is 18.2 Å². The van der Waals surface area contributed by atoms with Gasteiger partial charge in [0, 0.05) is 25.8 Å². The number of carbonyl (C=O) groups is 1. The van der Waals surface area contributed by atoms with Crippen molar-refractivity contribution in [2.75, 3.05) is 43.9 Å². The van der Waals surface area contributed by atoms with Crippen LogP contribution in [-0.2, 0) is 0 Å². The van der Waals surface area contributed by atoms with Crippen LogP contribution in [0, 0.1) is 0 Å². The van der Waals surface area contributed by atoms with E-state index in [1.807, 2.05) is 11.9 Å². The smallest absolute Gasteiger partial charge is 0.337 e. The zero-order valence-electron chi connectivity index (χ0n) is 11.3. The molecule has 0 saturated carbocycles. The molecule has 0 aromatic heterocycles. The van der Waals surface area contributed by atoms with Crippen molar-refractivity contribution in [3.05, 3.63) is 23.8 Å². The Morgan fingerprint density at radius 1 is 1.42 bits per heavy atom. The molecule has 2 rings (SSSR count). The van der Waals surface area contributed by atoms with Crippen molar-refractivity contribution >= 4 is 17.3 Å². The Morgan fingerprint density at radius 3 is 2.74 bits per heavy atom. The average Bonchev–Trinajstić information content (AvgIpc) is 2.88. The molecule has 1 saturated heterocycles. The molecule has 0 unspecified atom stereocenters. The first-order valence-electron chi connectivity index (χ1n) is 6.64. The zero-order chi connectivity index (χ0) is 13.8. The van der Waals surface area contributed by atoms with Crippen LogP contribution in [-0.4, -0.2) is 49.2 Å². The zero-order valence-corrected chi connectivity index (χ0v) is 11.3. The topological polar surface area (TPSA) is 69.8 Å². The van der Waals surface area contributed by atoms with Crippen molar-refractivity contribution in [2.45, 2.75) is 12.8 Å². The van der Waals surface area contributed by atoms with E-state index in [9.17, 15) is 9.90 Å². The molecule has 0 bridgehead atoms. The standard InChI is InChI=1S/C14H21N3O2/c1-16(8-9-17-6-2-3-7-17)13-5-4-11(15)10-12(13)14(18)19/h4-5,10H,2-3,6-9,15H2,1H3,(H,18,19). The first-order chi connectivity index (χ1) is 9.08. The SMILES string of the molecule is CN(CCN1CCCC1)c1ccc(N)cc1C(=O)O. The molecule has 1 aliphatic rings. The predicted octanol–water partition coefficient (Wildman–Crippen LogP) is 1.50. The average molecular weight is 263 g/mol. The highest BCUT2D eigenvalue weighted by molar-refractivity contribution is 5.95. The highest BCUT2D eigenvalue weighted by Gasteiger charge is 2.16. The number of nitrogens with zero attached hydrogens (tertiary/aromatic N) is 2. The molecule has 1 heterocycles. The molecule has 1 aromatic carbocycles. The van der Waals surface area contributed by atoms with Crippen molar-refractivity contribution in [3.63, 3.8) is 0 Å². The van der Waals surface area contributed by atoms with Crippen molar-refractivity contribution in [3.8, 4) is 0 Å². The molecule has 0 aliphatic carbocycles. The third-order valence-corrected chi connectivity index (χ3v) is 3.61. The van der Waals surface area contributed by atoms with Gasteiger partial charge in [-0.05, 0) is 44.1 Å². The lowest BCUT2D eigenvalue weighted by atomic mass is 10.1. The molecule has 0 radical (unpaired) electrons. The molecule has 19 heavy (non-hydrogen) atoms. The summed E-state index contributed by atoms with van der Waals surface area (Å²) in [7, 11) is 1.92. The first kappa shape index (κ1) is 13.7. The van der Waals surface area contributed by atoms with Crippen LogP contribution >= 0.6 is 0 Å². The van der Waals surface area contributed by atoms with Gasteiger partial charge in [-0.2, -0.15) is 0 Å². The summed E-state index contributed by atoms with van der Waals surface area (Å²) in [6.45, 7) is 4.10. The number of carboxylic acids is 1. The van der Waals surface area contributed by atoms with Crippen LogP contribution in [0.5, 0.6) is 0 Å². The van der Waals surface area contributed by atoms with E-state index in [0.717, 1.165) is 31.9 Å². The third-order valence-electron chi connectivity index (χ3n) is 3.61. The summed E-state index contributed by atoms with van der Waals surface area (Å²) in [6, 6.07) is 5.04. The van der Waals surface area contributed by atoms with Gasteiger partial charge >= 0.3 is 5.97 Å². The maximum Gasteiger partial charge on any atom is 0.337 e. The lowest BCUT2D eigenvalue weighted by molar-refractivity contribution is 0.0697. The van der Waals surface area contributed by atoms with Crippen LogP contribution in [0.2, 0.25) is 0 Å². The van der Waals surface area contributed by atoms with E-state index in [1.165, 1.54) is 18.9 Å².